The first-order valence-corrected chi connectivity index (χ1v) is 1.04. The van der Waals surface area contributed by atoms with E-state index in [1.165, 1.54) is 6.92 Å². The average Bonchev–Trinajstić information content (AvgIpc) is 0.811. The van der Waals surface area contributed by atoms with Crippen molar-refractivity contribution in [3.8, 4) is 0 Å². The van der Waals surface area contributed by atoms with E-state index in [4.69, 9.17) is 11.1 Å². The standard InChI is InChI=1S/C2H6N2.Ti/c1-2(3)4;/h1H3,(H3,3,4);. The third-order valence-corrected chi connectivity index (χ3v) is 0. The van der Waals surface area contributed by atoms with E-state index >= 15 is 0 Å². The number of hydrogen-bond acceptors (Lipinski definition) is 1. The summed E-state index contributed by atoms with van der Waals surface area (Å²) in [7, 11) is 0. The maximum absolute atomic E-state index is 6.28. The Morgan fingerprint density at radius 3 is 1.80 bits per heavy atom. The Balaban J connectivity index is 0. The Morgan fingerprint density at radius 2 is 1.80 bits per heavy atom. The molecule has 0 aliphatic rings. The Labute approximate surface area is 46.1 Å². The van der Waals surface area contributed by atoms with Crippen LogP contribution in [0.3, 0.4) is 0 Å². The van der Waals surface area contributed by atoms with Crippen LogP contribution in [0.25, 0.3) is 0 Å². The van der Waals surface area contributed by atoms with Crippen molar-refractivity contribution in [2.45, 2.75) is 6.92 Å². The van der Waals surface area contributed by atoms with E-state index in [1.807, 2.05) is 0 Å². The van der Waals surface area contributed by atoms with Crippen molar-refractivity contribution in [2.75, 3.05) is 0 Å². The summed E-state index contributed by atoms with van der Waals surface area (Å²) in [5.74, 6) is 0.167. The van der Waals surface area contributed by atoms with Crippen molar-refractivity contribution >= 4 is 5.84 Å². The fourth-order valence-electron chi connectivity index (χ4n) is 0. The number of nitrogens with two attached hydrogens (primary N) is 1. The summed E-state index contributed by atoms with van der Waals surface area (Å²) in [6, 6.07) is 0. The summed E-state index contributed by atoms with van der Waals surface area (Å²) >= 11 is 0. The zero-order valence-electron chi connectivity index (χ0n) is 3.08. The van der Waals surface area contributed by atoms with Crippen LogP contribution in [0, 0.1) is 5.41 Å². The molecule has 0 aliphatic carbocycles. The Hall–Kier alpha value is 0.184. The molecule has 0 unspecified atom stereocenters. The van der Waals surface area contributed by atoms with E-state index in [2.05, 4.69) is 0 Å². The van der Waals surface area contributed by atoms with Gasteiger partial charge in [0.1, 0.15) is 0 Å². The fourth-order valence-corrected chi connectivity index (χ4v) is 0. The van der Waals surface area contributed by atoms with E-state index in [0.717, 1.165) is 0 Å². The van der Waals surface area contributed by atoms with Crippen LogP contribution in [0.15, 0.2) is 0 Å². The van der Waals surface area contributed by atoms with Crippen molar-refractivity contribution in [1.82, 2.24) is 0 Å². The van der Waals surface area contributed by atoms with Gasteiger partial charge in [0, 0.05) is 21.7 Å². The molecule has 0 aromatic heterocycles. The van der Waals surface area contributed by atoms with Crippen molar-refractivity contribution in [1.29, 1.82) is 5.41 Å². The molecule has 0 aromatic rings. The van der Waals surface area contributed by atoms with Gasteiger partial charge in [0.15, 0.2) is 0 Å². The van der Waals surface area contributed by atoms with Crippen LogP contribution in [0.4, 0.5) is 0 Å². The monoisotopic (exact) mass is 106 g/mol. The van der Waals surface area contributed by atoms with Crippen LogP contribution in [-0.4, -0.2) is 5.84 Å². The van der Waals surface area contributed by atoms with Gasteiger partial charge in [-0.05, 0) is 6.92 Å². The average molecular weight is 106 g/mol. The van der Waals surface area contributed by atoms with Crippen LogP contribution in [0.5, 0.6) is 0 Å². The Kier molecular flexibility index (Phi) is 7.49. The molecule has 5 heavy (non-hydrogen) atoms. The van der Waals surface area contributed by atoms with Crippen LogP contribution in [0.1, 0.15) is 6.92 Å². The quantitative estimate of drug-likeness (QED) is 0.253. The summed E-state index contributed by atoms with van der Waals surface area (Å²) in [6.07, 6.45) is 0. The second-order valence-electron chi connectivity index (χ2n) is 0.683. The number of amidine groups is 1. The molecule has 0 radical (unpaired) electrons. The molecule has 0 spiro atoms. The molecule has 28 valence electrons. The zero-order chi connectivity index (χ0) is 3.58. The minimum absolute atomic E-state index is 0. The first-order valence-electron chi connectivity index (χ1n) is 1.04. The van der Waals surface area contributed by atoms with Gasteiger partial charge in [0.25, 0.3) is 0 Å². The maximum Gasteiger partial charge on any atom is 0.0873 e. The molecule has 0 heterocycles. The SMILES string of the molecule is CC(=N)N.[Ti]. The van der Waals surface area contributed by atoms with Gasteiger partial charge in [-0.3, -0.25) is 5.41 Å². The topological polar surface area (TPSA) is 49.9 Å². The smallest absolute Gasteiger partial charge is 0.0873 e. The normalized spacial score (nSPS) is 5.00. The molecule has 2 nitrogen and oxygen atoms in total. The minimum atomic E-state index is 0. The second-order valence-corrected chi connectivity index (χ2v) is 0.683. The van der Waals surface area contributed by atoms with E-state index in [1.54, 1.807) is 0 Å². The van der Waals surface area contributed by atoms with Gasteiger partial charge in [-0.1, -0.05) is 0 Å². The molecule has 3 N–H and O–H groups in total. The van der Waals surface area contributed by atoms with Crippen molar-refractivity contribution in [3.05, 3.63) is 0 Å². The number of rotatable bonds is 0. The summed E-state index contributed by atoms with van der Waals surface area (Å²) < 4.78 is 0. The molecule has 0 aliphatic heterocycles. The summed E-state index contributed by atoms with van der Waals surface area (Å²) in [5.41, 5.74) is 4.69. The van der Waals surface area contributed by atoms with Crippen LogP contribution < -0.4 is 5.73 Å². The maximum atomic E-state index is 6.28. The Morgan fingerprint density at radius 1 is 1.80 bits per heavy atom. The van der Waals surface area contributed by atoms with E-state index in [-0.39, 0.29) is 27.6 Å². The molecular formula is C2H6N2Ti. The molecule has 0 saturated carbocycles. The van der Waals surface area contributed by atoms with Gasteiger partial charge >= 0.3 is 0 Å². The van der Waals surface area contributed by atoms with Gasteiger partial charge < -0.3 is 5.73 Å². The van der Waals surface area contributed by atoms with Crippen molar-refractivity contribution in [2.24, 2.45) is 5.73 Å². The number of nitrogens with one attached hydrogen (secondary N) is 1. The van der Waals surface area contributed by atoms with Crippen LogP contribution in [-0.2, 0) is 21.7 Å². The second kappa shape index (κ2) is 4.18. The molecule has 0 aromatic carbocycles. The van der Waals surface area contributed by atoms with Crippen molar-refractivity contribution in [3.63, 3.8) is 0 Å². The third kappa shape index (κ3) is 588. The predicted molar refractivity (Wildman–Crippen MR) is 17.6 cm³/mol. The first-order chi connectivity index (χ1) is 1.73. The predicted octanol–water partition coefficient (Wildman–Crippen LogP) is -0.0602. The largest absolute Gasteiger partial charge is 0.388 e. The van der Waals surface area contributed by atoms with Gasteiger partial charge in [-0.2, -0.15) is 0 Å². The molecular weight excluding hydrogens is 99.9 g/mol. The molecule has 0 atom stereocenters. The fraction of sp³-hybridized carbons (Fsp3) is 0.500. The summed E-state index contributed by atoms with van der Waals surface area (Å²) in [5, 5.41) is 6.28. The summed E-state index contributed by atoms with van der Waals surface area (Å²) in [6.45, 7) is 1.53. The van der Waals surface area contributed by atoms with Crippen LogP contribution >= 0.6 is 0 Å². The molecule has 0 bridgehead atoms. The van der Waals surface area contributed by atoms with E-state index in [9.17, 15) is 0 Å². The van der Waals surface area contributed by atoms with Gasteiger partial charge in [0.2, 0.25) is 0 Å². The minimum Gasteiger partial charge on any atom is -0.388 e. The molecule has 0 amide bonds. The third-order valence-electron chi connectivity index (χ3n) is 0. The molecule has 0 saturated heterocycles. The number of hydrogen-bond donors (Lipinski definition) is 2. The van der Waals surface area contributed by atoms with Gasteiger partial charge in [-0.25, -0.2) is 0 Å². The zero-order valence-corrected chi connectivity index (χ0v) is 4.64. The van der Waals surface area contributed by atoms with Gasteiger partial charge in [-0.15, -0.1) is 0 Å². The first kappa shape index (κ1) is 8.95. The van der Waals surface area contributed by atoms with Crippen molar-refractivity contribution < 1.29 is 21.7 Å². The molecule has 3 heteroatoms. The van der Waals surface area contributed by atoms with Crippen LogP contribution in [0.2, 0.25) is 0 Å². The molecule has 0 rings (SSSR count). The summed E-state index contributed by atoms with van der Waals surface area (Å²) in [4.78, 5) is 0. The Bertz CT molecular complexity index is 30.6. The van der Waals surface area contributed by atoms with Gasteiger partial charge in [0.05, 0.1) is 5.84 Å². The van der Waals surface area contributed by atoms with E-state index in [0.29, 0.717) is 0 Å². The molecule has 0 fully saturated rings. The van der Waals surface area contributed by atoms with E-state index < -0.39 is 0 Å².